The molecule has 2 rings (SSSR count). The fourth-order valence-corrected chi connectivity index (χ4v) is 2.84. The lowest BCUT2D eigenvalue weighted by Gasteiger charge is -2.10. The Morgan fingerprint density at radius 3 is 2.71 bits per heavy atom. The first-order valence-electron chi connectivity index (χ1n) is 6.19. The maximum atomic E-state index is 12.2. The summed E-state index contributed by atoms with van der Waals surface area (Å²) in [6, 6.07) is 5.62. The quantitative estimate of drug-likeness (QED) is 0.778. The van der Waals surface area contributed by atoms with Gasteiger partial charge >= 0.3 is 0 Å². The topological polar surface area (TPSA) is 26.3 Å². The third-order valence-electron chi connectivity index (χ3n) is 3.24. The SMILES string of the molecule is CCOc1ccc(C(=O)C2CCCC2)cc1Br. The zero-order valence-corrected chi connectivity index (χ0v) is 11.6. The van der Waals surface area contributed by atoms with E-state index in [1.54, 1.807) is 0 Å². The molecule has 1 fully saturated rings. The Morgan fingerprint density at radius 1 is 1.41 bits per heavy atom. The summed E-state index contributed by atoms with van der Waals surface area (Å²) in [5.41, 5.74) is 0.798. The van der Waals surface area contributed by atoms with Crippen LogP contribution < -0.4 is 4.74 Å². The first kappa shape index (κ1) is 12.6. The molecule has 17 heavy (non-hydrogen) atoms. The standard InChI is InChI=1S/C14H17BrO2/c1-2-17-13-8-7-11(9-12(13)15)14(16)10-5-3-4-6-10/h7-10H,2-6H2,1H3. The Bertz CT molecular complexity index is 409. The van der Waals surface area contributed by atoms with Crippen LogP contribution in [-0.2, 0) is 0 Å². The maximum absolute atomic E-state index is 12.2. The summed E-state index contributed by atoms with van der Waals surface area (Å²) in [5, 5.41) is 0. The van der Waals surface area contributed by atoms with E-state index >= 15 is 0 Å². The number of benzene rings is 1. The summed E-state index contributed by atoms with van der Waals surface area (Å²) in [6.07, 6.45) is 4.47. The highest BCUT2D eigenvalue weighted by molar-refractivity contribution is 9.10. The van der Waals surface area contributed by atoms with Crippen molar-refractivity contribution in [3.63, 3.8) is 0 Å². The smallest absolute Gasteiger partial charge is 0.165 e. The summed E-state index contributed by atoms with van der Waals surface area (Å²) in [7, 11) is 0. The van der Waals surface area contributed by atoms with Crippen molar-refractivity contribution in [2.45, 2.75) is 32.6 Å². The predicted molar refractivity (Wildman–Crippen MR) is 71.6 cm³/mol. The second-order valence-corrected chi connectivity index (χ2v) is 5.28. The minimum absolute atomic E-state index is 0.236. The number of hydrogen-bond acceptors (Lipinski definition) is 2. The van der Waals surface area contributed by atoms with Gasteiger partial charge in [0.05, 0.1) is 11.1 Å². The molecule has 0 aliphatic heterocycles. The van der Waals surface area contributed by atoms with Crippen LogP contribution >= 0.6 is 15.9 Å². The molecule has 1 aliphatic rings. The molecule has 0 bridgehead atoms. The largest absolute Gasteiger partial charge is 0.493 e. The van der Waals surface area contributed by atoms with Crippen LogP contribution in [0.2, 0.25) is 0 Å². The average molecular weight is 297 g/mol. The van der Waals surface area contributed by atoms with Crippen molar-refractivity contribution < 1.29 is 9.53 Å². The zero-order valence-electron chi connectivity index (χ0n) is 10.0. The fourth-order valence-electron chi connectivity index (χ4n) is 2.35. The van der Waals surface area contributed by atoms with Gasteiger partial charge in [0.2, 0.25) is 0 Å². The molecule has 0 radical (unpaired) electrons. The number of ether oxygens (including phenoxy) is 1. The van der Waals surface area contributed by atoms with E-state index in [0.717, 1.165) is 28.6 Å². The summed E-state index contributed by atoms with van der Waals surface area (Å²) >= 11 is 3.45. The molecule has 0 spiro atoms. The van der Waals surface area contributed by atoms with Crippen molar-refractivity contribution in [2.24, 2.45) is 5.92 Å². The molecule has 0 heterocycles. The van der Waals surface area contributed by atoms with Crippen LogP contribution in [0.25, 0.3) is 0 Å². The number of rotatable bonds is 4. The number of hydrogen-bond donors (Lipinski definition) is 0. The first-order chi connectivity index (χ1) is 8.22. The fraction of sp³-hybridized carbons (Fsp3) is 0.500. The summed E-state index contributed by atoms with van der Waals surface area (Å²) in [6.45, 7) is 2.58. The number of Topliss-reactive ketones (excluding diaryl/α,β-unsaturated/α-hetero) is 1. The maximum Gasteiger partial charge on any atom is 0.165 e. The first-order valence-corrected chi connectivity index (χ1v) is 6.98. The van der Waals surface area contributed by atoms with E-state index in [9.17, 15) is 4.79 Å². The predicted octanol–water partition coefficient (Wildman–Crippen LogP) is 4.22. The van der Waals surface area contributed by atoms with Gasteiger partial charge in [0, 0.05) is 11.5 Å². The molecular weight excluding hydrogens is 280 g/mol. The van der Waals surface area contributed by atoms with Gasteiger partial charge in [0.15, 0.2) is 5.78 Å². The number of carbonyl (C=O) groups is 1. The van der Waals surface area contributed by atoms with Crippen molar-refractivity contribution in [3.8, 4) is 5.75 Å². The Labute approximate surface area is 110 Å². The Hall–Kier alpha value is -0.830. The van der Waals surface area contributed by atoms with Crippen molar-refractivity contribution in [3.05, 3.63) is 28.2 Å². The lowest BCUT2D eigenvalue weighted by atomic mass is 9.96. The monoisotopic (exact) mass is 296 g/mol. The van der Waals surface area contributed by atoms with Crippen LogP contribution in [0.4, 0.5) is 0 Å². The van der Waals surface area contributed by atoms with E-state index in [-0.39, 0.29) is 11.7 Å². The van der Waals surface area contributed by atoms with Gasteiger partial charge in [0.25, 0.3) is 0 Å². The molecule has 0 saturated heterocycles. The second kappa shape index (κ2) is 5.67. The van der Waals surface area contributed by atoms with Gasteiger partial charge in [-0.25, -0.2) is 0 Å². The van der Waals surface area contributed by atoms with Crippen LogP contribution in [0.3, 0.4) is 0 Å². The van der Waals surface area contributed by atoms with Crippen LogP contribution in [-0.4, -0.2) is 12.4 Å². The molecule has 0 atom stereocenters. The molecule has 1 aliphatic carbocycles. The highest BCUT2D eigenvalue weighted by Crippen LogP contribution is 2.31. The minimum atomic E-state index is 0.236. The van der Waals surface area contributed by atoms with Gasteiger partial charge in [0.1, 0.15) is 5.75 Å². The molecular formula is C14H17BrO2. The van der Waals surface area contributed by atoms with E-state index in [2.05, 4.69) is 15.9 Å². The molecule has 1 saturated carbocycles. The lowest BCUT2D eigenvalue weighted by Crippen LogP contribution is -2.11. The van der Waals surface area contributed by atoms with E-state index in [4.69, 9.17) is 4.74 Å². The highest BCUT2D eigenvalue weighted by atomic mass is 79.9. The third-order valence-corrected chi connectivity index (χ3v) is 3.86. The van der Waals surface area contributed by atoms with E-state index in [1.165, 1.54) is 12.8 Å². The van der Waals surface area contributed by atoms with E-state index in [0.29, 0.717) is 6.61 Å². The molecule has 0 aromatic heterocycles. The van der Waals surface area contributed by atoms with E-state index in [1.807, 2.05) is 25.1 Å². The number of halogens is 1. The van der Waals surface area contributed by atoms with Crippen LogP contribution in [0.5, 0.6) is 5.75 Å². The Balaban J connectivity index is 2.16. The van der Waals surface area contributed by atoms with Crippen LogP contribution in [0.1, 0.15) is 43.0 Å². The lowest BCUT2D eigenvalue weighted by molar-refractivity contribution is 0.0923. The van der Waals surface area contributed by atoms with Crippen molar-refractivity contribution >= 4 is 21.7 Å². The minimum Gasteiger partial charge on any atom is -0.493 e. The molecule has 2 nitrogen and oxygen atoms in total. The normalized spacial score (nSPS) is 16.1. The van der Waals surface area contributed by atoms with E-state index < -0.39 is 0 Å². The second-order valence-electron chi connectivity index (χ2n) is 4.42. The molecule has 3 heteroatoms. The number of ketones is 1. The molecule has 0 N–H and O–H groups in total. The van der Waals surface area contributed by atoms with Crippen molar-refractivity contribution in [1.82, 2.24) is 0 Å². The van der Waals surface area contributed by atoms with Crippen LogP contribution in [0, 0.1) is 5.92 Å². The van der Waals surface area contributed by atoms with Crippen molar-refractivity contribution in [2.75, 3.05) is 6.61 Å². The van der Waals surface area contributed by atoms with Gasteiger partial charge in [-0.1, -0.05) is 12.8 Å². The van der Waals surface area contributed by atoms with Crippen molar-refractivity contribution in [1.29, 1.82) is 0 Å². The van der Waals surface area contributed by atoms with Gasteiger partial charge < -0.3 is 4.74 Å². The third kappa shape index (κ3) is 2.89. The molecule has 0 unspecified atom stereocenters. The summed E-state index contributed by atoms with van der Waals surface area (Å²) in [4.78, 5) is 12.2. The Kier molecular flexibility index (Phi) is 4.21. The molecule has 92 valence electrons. The molecule has 1 aromatic rings. The van der Waals surface area contributed by atoms with Gasteiger partial charge in [-0.15, -0.1) is 0 Å². The van der Waals surface area contributed by atoms with Gasteiger partial charge in [-0.3, -0.25) is 4.79 Å². The zero-order chi connectivity index (χ0) is 12.3. The summed E-state index contributed by atoms with van der Waals surface area (Å²) < 4.78 is 6.30. The molecule has 1 aromatic carbocycles. The van der Waals surface area contributed by atoms with Gasteiger partial charge in [-0.2, -0.15) is 0 Å². The average Bonchev–Trinajstić information content (AvgIpc) is 2.84. The summed E-state index contributed by atoms with van der Waals surface area (Å²) in [5.74, 6) is 1.32. The Morgan fingerprint density at radius 2 is 2.12 bits per heavy atom. The van der Waals surface area contributed by atoms with Crippen LogP contribution in [0.15, 0.2) is 22.7 Å². The highest BCUT2D eigenvalue weighted by Gasteiger charge is 2.24. The molecule has 0 amide bonds. The number of carbonyl (C=O) groups excluding carboxylic acids is 1. The van der Waals surface area contributed by atoms with Gasteiger partial charge in [-0.05, 0) is 53.9 Å².